The lowest BCUT2D eigenvalue weighted by Crippen LogP contribution is -2.08. The maximum absolute atomic E-state index is 13.0. The summed E-state index contributed by atoms with van der Waals surface area (Å²) in [5, 5.41) is 3.24. The van der Waals surface area contributed by atoms with E-state index < -0.39 is 11.6 Å². The molecule has 0 aliphatic carbocycles. The van der Waals surface area contributed by atoms with Gasteiger partial charge in [0.25, 0.3) is 0 Å². The zero-order valence-corrected chi connectivity index (χ0v) is 8.06. The van der Waals surface area contributed by atoms with E-state index in [0.29, 0.717) is 11.8 Å². The Kier molecular flexibility index (Phi) is 2.50. The van der Waals surface area contributed by atoms with Crippen LogP contribution in [0.5, 0.6) is 0 Å². The summed E-state index contributed by atoms with van der Waals surface area (Å²) in [5.41, 5.74) is 0.890. The van der Waals surface area contributed by atoms with Crippen LogP contribution in [0.2, 0.25) is 0 Å². The van der Waals surface area contributed by atoms with Gasteiger partial charge in [-0.3, -0.25) is 0 Å². The molecule has 0 radical (unpaired) electrons. The first-order chi connectivity index (χ1) is 6.68. The van der Waals surface area contributed by atoms with Gasteiger partial charge in [0.2, 0.25) is 0 Å². The van der Waals surface area contributed by atoms with Crippen LogP contribution < -0.4 is 5.32 Å². The Morgan fingerprint density at radius 2 is 2.00 bits per heavy atom. The maximum atomic E-state index is 13.0. The Morgan fingerprint density at radius 1 is 1.21 bits per heavy atom. The lowest BCUT2D eigenvalue weighted by molar-refractivity contribution is 0.501. The molecule has 3 heteroatoms. The van der Waals surface area contributed by atoms with Crippen molar-refractivity contribution < 1.29 is 8.78 Å². The van der Waals surface area contributed by atoms with Crippen LogP contribution in [0.4, 0.5) is 8.78 Å². The van der Waals surface area contributed by atoms with E-state index in [0.717, 1.165) is 18.7 Å². The van der Waals surface area contributed by atoms with Crippen LogP contribution in [0, 0.1) is 17.6 Å². The third-order valence-corrected chi connectivity index (χ3v) is 2.89. The monoisotopic (exact) mass is 197 g/mol. The summed E-state index contributed by atoms with van der Waals surface area (Å²) < 4.78 is 25.7. The van der Waals surface area contributed by atoms with E-state index in [1.165, 1.54) is 12.1 Å². The zero-order chi connectivity index (χ0) is 10.1. The Hall–Kier alpha value is -0.960. The highest BCUT2D eigenvalue weighted by Crippen LogP contribution is 2.28. The van der Waals surface area contributed by atoms with Gasteiger partial charge in [0, 0.05) is 12.5 Å². The SMILES string of the molecule is C[C@@H]1CNC[C@H]1c1ccc(F)c(F)c1. The molecule has 0 aromatic heterocycles. The highest BCUT2D eigenvalue weighted by Gasteiger charge is 2.25. The Balaban J connectivity index is 2.28. The fraction of sp³-hybridized carbons (Fsp3) is 0.455. The van der Waals surface area contributed by atoms with Crippen LogP contribution >= 0.6 is 0 Å². The lowest BCUT2D eigenvalue weighted by Gasteiger charge is -2.14. The third kappa shape index (κ3) is 1.64. The predicted octanol–water partition coefficient (Wildman–Crippen LogP) is 2.29. The van der Waals surface area contributed by atoms with Crippen LogP contribution in [-0.2, 0) is 0 Å². The van der Waals surface area contributed by atoms with Crippen molar-refractivity contribution in [1.82, 2.24) is 5.32 Å². The Morgan fingerprint density at radius 3 is 2.57 bits per heavy atom. The van der Waals surface area contributed by atoms with Crippen molar-refractivity contribution in [2.24, 2.45) is 5.92 Å². The zero-order valence-electron chi connectivity index (χ0n) is 8.06. The fourth-order valence-electron chi connectivity index (χ4n) is 2.00. The molecule has 1 fully saturated rings. The fourth-order valence-corrected chi connectivity index (χ4v) is 2.00. The van der Waals surface area contributed by atoms with E-state index in [-0.39, 0.29) is 0 Å². The molecule has 0 spiro atoms. The van der Waals surface area contributed by atoms with Crippen molar-refractivity contribution in [1.29, 1.82) is 0 Å². The van der Waals surface area contributed by atoms with Gasteiger partial charge in [0.05, 0.1) is 0 Å². The summed E-state index contributed by atoms with van der Waals surface area (Å²) in [6.07, 6.45) is 0. The molecule has 2 atom stereocenters. The van der Waals surface area contributed by atoms with Crippen LogP contribution in [0.25, 0.3) is 0 Å². The first-order valence-electron chi connectivity index (χ1n) is 4.84. The second-order valence-electron chi connectivity index (χ2n) is 3.92. The van der Waals surface area contributed by atoms with Crippen LogP contribution in [-0.4, -0.2) is 13.1 Å². The maximum Gasteiger partial charge on any atom is 0.159 e. The third-order valence-electron chi connectivity index (χ3n) is 2.89. The Bertz CT molecular complexity index is 338. The van der Waals surface area contributed by atoms with Crippen molar-refractivity contribution in [3.05, 3.63) is 35.4 Å². The van der Waals surface area contributed by atoms with Crippen molar-refractivity contribution in [3.8, 4) is 0 Å². The summed E-state index contributed by atoms with van der Waals surface area (Å²) in [6.45, 7) is 3.92. The topological polar surface area (TPSA) is 12.0 Å². The molecule has 1 N–H and O–H groups in total. The van der Waals surface area contributed by atoms with Crippen LogP contribution in [0.15, 0.2) is 18.2 Å². The number of rotatable bonds is 1. The molecule has 14 heavy (non-hydrogen) atoms. The van der Waals surface area contributed by atoms with Gasteiger partial charge in [-0.2, -0.15) is 0 Å². The summed E-state index contributed by atoms with van der Waals surface area (Å²) in [6, 6.07) is 4.19. The van der Waals surface area contributed by atoms with Gasteiger partial charge >= 0.3 is 0 Å². The molecule has 0 amide bonds. The molecule has 76 valence electrons. The smallest absolute Gasteiger partial charge is 0.159 e. The van der Waals surface area contributed by atoms with Gasteiger partial charge in [-0.25, -0.2) is 8.78 Å². The van der Waals surface area contributed by atoms with Gasteiger partial charge in [0.15, 0.2) is 11.6 Å². The van der Waals surface area contributed by atoms with E-state index in [4.69, 9.17) is 0 Å². The average Bonchev–Trinajstić information content (AvgIpc) is 2.57. The van der Waals surface area contributed by atoms with Crippen molar-refractivity contribution >= 4 is 0 Å². The summed E-state index contributed by atoms with van der Waals surface area (Å²) in [5.74, 6) is -0.723. The summed E-state index contributed by atoms with van der Waals surface area (Å²) >= 11 is 0. The van der Waals surface area contributed by atoms with Crippen LogP contribution in [0.3, 0.4) is 0 Å². The number of hydrogen-bond acceptors (Lipinski definition) is 1. The van der Waals surface area contributed by atoms with E-state index in [1.54, 1.807) is 6.07 Å². The molecule has 2 rings (SSSR count). The first-order valence-corrected chi connectivity index (χ1v) is 4.84. The van der Waals surface area contributed by atoms with Crippen molar-refractivity contribution in [2.75, 3.05) is 13.1 Å². The highest BCUT2D eigenvalue weighted by atomic mass is 19.2. The lowest BCUT2D eigenvalue weighted by atomic mass is 9.90. The normalized spacial score (nSPS) is 26.8. The number of hydrogen-bond donors (Lipinski definition) is 1. The molecule has 0 unspecified atom stereocenters. The first kappa shape index (κ1) is 9.59. The largest absolute Gasteiger partial charge is 0.316 e. The second-order valence-corrected chi connectivity index (χ2v) is 3.92. The van der Waals surface area contributed by atoms with Gasteiger partial charge in [-0.1, -0.05) is 13.0 Å². The predicted molar refractivity (Wildman–Crippen MR) is 51.1 cm³/mol. The molecule has 1 nitrogen and oxygen atoms in total. The molecule has 1 saturated heterocycles. The molecular weight excluding hydrogens is 184 g/mol. The molecule has 1 aromatic rings. The van der Waals surface area contributed by atoms with E-state index in [9.17, 15) is 8.78 Å². The van der Waals surface area contributed by atoms with E-state index in [2.05, 4.69) is 12.2 Å². The summed E-state index contributed by atoms with van der Waals surface area (Å²) in [4.78, 5) is 0. The summed E-state index contributed by atoms with van der Waals surface area (Å²) in [7, 11) is 0. The molecule has 1 aliphatic heterocycles. The number of halogens is 2. The minimum Gasteiger partial charge on any atom is -0.316 e. The molecule has 0 saturated carbocycles. The highest BCUT2D eigenvalue weighted by molar-refractivity contribution is 5.23. The van der Waals surface area contributed by atoms with Gasteiger partial charge in [0.1, 0.15) is 0 Å². The Labute approximate surface area is 82.1 Å². The molecule has 0 bridgehead atoms. The quantitative estimate of drug-likeness (QED) is 0.728. The van der Waals surface area contributed by atoms with E-state index in [1.807, 2.05) is 0 Å². The minimum absolute atomic E-state index is 0.310. The molecule has 1 aromatic carbocycles. The van der Waals surface area contributed by atoms with Gasteiger partial charge in [-0.05, 0) is 30.2 Å². The standard InChI is InChI=1S/C11H13F2N/c1-7-5-14-6-9(7)8-2-3-10(12)11(13)4-8/h2-4,7,9,14H,5-6H2,1H3/t7-,9-/m1/s1. The van der Waals surface area contributed by atoms with Crippen LogP contribution in [0.1, 0.15) is 18.4 Å². The molecule has 1 aliphatic rings. The molecular formula is C11H13F2N. The minimum atomic E-state index is -0.771. The number of nitrogens with one attached hydrogen (secondary N) is 1. The van der Waals surface area contributed by atoms with Crippen molar-refractivity contribution in [3.63, 3.8) is 0 Å². The average molecular weight is 197 g/mol. The van der Waals surface area contributed by atoms with E-state index >= 15 is 0 Å². The van der Waals surface area contributed by atoms with Crippen molar-refractivity contribution in [2.45, 2.75) is 12.8 Å². The molecule has 1 heterocycles. The number of benzene rings is 1. The second kappa shape index (κ2) is 3.65. The van der Waals surface area contributed by atoms with Gasteiger partial charge in [-0.15, -0.1) is 0 Å². The van der Waals surface area contributed by atoms with Gasteiger partial charge < -0.3 is 5.32 Å².